The van der Waals surface area contributed by atoms with Crippen molar-refractivity contribution in [3.05, 3.63) is 64.4 Å². The van der Waals surface area contributed by atoms with Crippen LogP contribution in [0.15, 0.2) is 53.3 Å². The van der Waals surface area contributed by atoms with Crippen molar-refractivity contribution >= 4 is 10.9 Å². The highest BCUT2D eigenvalue weighted by Crippen LogP contribution is 2.18. The first-order valence-electron chi connectivity index (χ1n) is 9.75. The van der Waals surface area contributed by atoms with Gasteiger partial charge in [0, 0.05) is 51.9 Å². The Morgan fingerprint density at radius 2 is 1.71 bits per heavy atom. The maximum Gasteiger partial charge on any atom is 0.259 e. The number of para-hydroxylation sites is 1. The van der Waals surface area contributed by atoms with E-state index in [1.54, 1.807) is 13.2 Å². The van der Waals surface area contributed by atoms with E-state index in [0.29, 0.717) is 11.2 Å². The summed E-state index contributed by atoms with van der Waals surface area (Å²) in [6.45, 7) is 7.08. The molecule has 0 bridgehead atoms. The van der Waals surface area contributed by atoms with E-state index in [4.69, 9.17) is 4.74 Å². The van der Waals surface area contributed by atoms with Crippen molar-refractivity contribution in [2.24, 2.45) is 0 Å². The fourth-order valence-electron chi connectivity index (χ4n) is 3.64. The van der Waals surface area contributed by atoms with Gasteiger partial charge in [0.25, 0.3) is 5.56 Å². The molecule has 0 atom stereocenters. The number of fused-ring (bicyclic) bond motifs is 1. The SMILES string of the molecule is COCCN1CCN(Cc2ccc(-c3nc4ccccc4c(=O)[nH]3)cc2)CC1. The van der Waals surface area contributed by atoms with Gasteiger partial charge in [0.05, 0.1) is 17.5 Å². The van der Waals surface area contributed by atoms with Gasteiger partial charge in [-0.2, -0.15) is 0 Å². The fourth-order valence-corrected chi connectivity index (χ4v) is 3.64. The summed E-state index contributed by atoms with van der Waals surface area (Å²) in [4.78, 5) is 24.7. The van der Waals surface area contributed by atoms with Crippen LogP contribution in [0.25, 0.3) is 22.3 Å². The molecular weight excluding hydrogens is 352 g/mol. The molecule has 4 rings (SSSR count). The third-order valence-electron chi connectivity index (χ3n) is 5.32. The van der Waals surface area contributed by atoms with Crippen molar-refractivity contribution in [3.63, 3.8) is 0 Å². The Labute approximate surface area is 164 Å². The summed E-state index contributed by atoms with van der Waals surface area (Å²) in [6, 6.07) is 15.7. The first-order valence-corrected chi connectivity index (χ1v) is 9.75. The molecule has 0 radical (unpaired) electrons. The number of aromatic amines is 1. The zero-order valence-corrected chi connectivity index (χ0v) is 16.2. The predicted octanol–water partition coefficient (Wildman–Crippen LogP) is 2.35. The molecule has 0 spiro atoms. The van der Waals surface area contributed by atoms with Crippen LogP contribution in [-0.2, 0) is 11.3 Å². The third kappa shape index (κ3) is 4.30. The van der Waals surface area contributed by atoms with Gasteiger partial charge in [-0.3, -0.25) is 14.6 Å². The molecule has 2 aromatic carbocycles. The second kappa shape index (κ2) is 8.65. The lowest BCUT2D eigenvalue weighted by atomic mass is 10.1. The normalized spacial score (nSPS) is 15.9. The molecule has 0 saturated carbocycles. The van der Waals surface area contributed by atoms with Gasteiger partial charge in [0.2, 0.25) is 0 Å². The first kappa shape index (κ1) is 18.8. The molecular formula is C22H26N4O2. The minimum atomic E-state index is -0.101. The van der Waals surface area contributed by atoms with E-state index in [2.05, 4.69) is 31.9 Å². The summed E-state index contributed by atoms with van der Waals surface area (Å²) in [5.74, 6) is 0.613. The molecule has 6 nitrogen and oxygen atoms in total. The van der Waals surface area contributed by atoms with E-state index in [0.717, 1.165) is 57.0 Å². The van der Waals surface area contributed by atoms with Gasteiger partial charge in [-0.25, -0.2) is 4.98 Å². The lowest BCUT2D eigenvalue weighted by Gasteiger charge is -2.34. The van der Waals surface area contributed by atoms with Gasteiger partial charge in [0.15, 0.2) is 0 Å². The molecule has 146 valence electrons. The average Bonchev–Trinajstić information content (AvgIpc) is 2.74. The zero-order valence-electron chi connectivity index (χ0n) is 16.2. The Kier molecular flexibility index (Phi) is 5.81. The molecule has 1 aromatic heterocycles. The van der Waals surface area contributed by atoms with E-state index in [1.807, 2.05) is 30.3 Å². The van der Waals surface area contributed by atoms with Gasteiger partial charge in [-0.05, 0) is 17.7 Å². The molecule has 3 aromatic rings. The zero-order chi connectivity index (χ0) is 19.3. The highest BCUT2D eigenvalue weighted by Gasteiger charge is 2.16. The van der Waals surface area contributed by atoms with Crippen molar-refractivity contribution < 1.29 is 4.74 Å². The summed E-state index contributed by atoms with van der Waals surface area (Å²) in [6.07, 6.45) is 0. The minimum absolute atomic E-state index is 0.101. The van der Waals surface area contributed by atoms with Crippen molar-refractivity contribution in [3.8, 4) is 11.4 Å². The topological polar surface area (TPSA) is 61.5 Å². The number of nitrogens with one attached hydrogen (secondary N) is 1. The number of ether oxygens (including phenoxy) is 1. The maximum absolute atomic E-state index is 12.3. The van der Waals surface area contributed by atoms with E-state index >= 15 is 0 Å². The largest absolute Gasteiger partial charge is 0.383 e. The second-order valence-electron chi connectivity index (χ2n) is 7.24. The molecule has 1 fully saturated rings. The Morgan fingerprint density at radius 3 is 2.46 bits per heavy atom. The number of H-pyrrole nitrogens is 1. The van der Waals surface area contributed by atoms with E-state index in [9.17, 15) is 4.79 Å². The van der Waals surface area contributed by atoms with Crippen LogP contribution in [0.1, 0.15) is 5.56 Å². The number of benzene rings is 2. The average molecular weight is 378 g/mol. The van der Waals surface area contributed by atoms with Crippen LogP contribution in [0.3, 0.4) is 0 Å². The van der Waals surface area contributed by atoms with Crippen molar-refractivity contribution in [1.29, 1.82) is 0 Å². The number of hydrogen-bond acceptors (Lipinski definition) is 5. The van der Waals surface area contributed by atoms with Gasteiger partial charge in [0.1, 0.15) is 5.82 Å². The van der Waals surface area contributed by atoms with Gasteiger partial charge < -0.3 is 9.72 Å². The van der Waals surface area contributed by atoms with Gasteiger partial charge >= 0.3 is 0 Å². The van der Waals surface area contributed by atoms with E-state index in [1.165, 1.54) is 5.56 Å². The lowest BCUT2D eigenvalue weighted by Crippen LogP contribution is -2.46. The number of methoxy groups -OCH3 is 1. The number of nitrogens with zero attached hydrogens (tertiary/aromatic N) is 3. The maximum atomic E-state index is 12.3. The third-order valence-corrected chi connectivity index (χ3v) is 5.32. The van der Waals surface area contributed by atoms with Crippen LogP contribution in [0.2, 0.25) is 0 Å². The quantitative estimate of drug-likeness (QED) is 0.714. The summed E-state index contributed by atoms with van der Waals surface area (Å²) >= 11 is 0. The van der Waals surface area contributed by atoms with Crippen LogP contribution in [0, 0.1) is 0 Å². The van der Waals surface area contributed by atoms with Crippen molar-refractivity contribution in [1.82, 2.24) is 19.8 Å². The molecule has 1 saturated heterocycles. The van der Waals surface area contributed by atoms with Crippen molar-refractivity contribution in [2.45, 2.75) is 6.54 Å². The Hall–Kier alpha value is -2.54. The standard InChI is InChI=1S/C22H26N4O2/c1-28-15-14-25-10-12-26(13-11-25)16-17-6-8-18(9-7-17)21-23-20-5-3-2-4-19(20)22(27)24-21/h2-9H,10-16H2,1H3,(H,23,24,27). The highest BCUT2D eigenvalue weighted by molar-refractivity contribution is 5.79. The lowest BCUT2D eigenvalue weighted by molar-refractivity contribution is 0.0938. The number of piperazine rings is 1. The van der Waals surface area contributed by atoms with Crippen LogP contribution in [0.4, 0.5) is 0 Å². The van der Waals surface area contributed by atoms with Gasteiger partial charge in [-0.1, -0.05) is 36.4 Å². The van der Waals surface area contributed by atoms with Crippen LogP contribution < -0.4 is 5.56 Å². The smallest absolute Gasteiger partial charge is 0.259 e. The van der Waals surface area contributed by atoms with E-state index in [-0.39, 0.29) is 5.56 Å². The number of rotatable bonds is 6. The van der Waals surface area contributed by atoms with E-state index < -0.39 is 0 Å². The molecule has 1 aliphatic rings. The summed E-state index contributed by atoms with van der Waals surface area (Å²) < 4.78 is 5.16. The number of aromatic nitrogens is 2. The second-order valence-corrected chi connectivity index (χ2v) is 7.24. The summed E-state index contributed by atoms with van der Waals surface area (Å²) in [5, 5.41) is 0.618. The Morgan fingerprint density at radius 1 is 1.00 bits per heavy atom. The summed E-state index contributed by atoms with van der Waals surface area (Å²) in [5.41, 5.74) is 2.82. The summed E-state index contributed by atoms with van der Waals surface area (Å²) in [7, 11) is 1.75. The molecule has 0 unspecified atom stereocenters. The molecule has 1 aliphatic heterocycles. The molecule has 28 heavy (non-hydrogen) atoms. The van der Waals surface area contributed by atoms with Crippen molar-refractivity contribution in [2.75, 3.05) is 46.4 Å². The first-order chi connectivity index (χ1) is 13.7. The Balaban J connectivity index is 1.41. The molecule has 2 heterocycles. The molecule has 0 amide bonds. The van der Waals surface area contributed by atoms with Crippen LogP contribution in [0.5, 0.6) is 0 Å². The van der Waals surface area contributed by atoms with Crippen LogP contribution >= 0.6 is 0 Å². The Bertz CT molecular complexity index is 976. The molecule has 1 N–H and O–H groups in total. The fraction of sp³-hybridized carbons (Fsp3) is 0.364. The van der Waals surface area contributed by atoms with Crippen LogP contribution in [-0.4, -0.2) is 66.2 Å². The highest BCUT2D eigenvalue weighted by atomic mass is 16.5. The molecule has 6 heteroatoms. The molecule has 0 aliphatic carbocycles. The minimum Gasteiger partial charge on any atom is -0.383 e. The van der Waals surface area contributed by atoms with Gasteiger partial charge in [-0.15, -0.1) is 0 Å². The number of hydrogen-bond donors (Lipinski definition) is 1. The monoisotopic (exact) mass is 378 g/mol. The predicted molar refractivity (Wildman–Crippen MR) is 111 cm³/mol.